The molecule has 0 saturated carbocycles. The maximum absolute atomic E-state index is 11.5. The van der Waals surface area contributed by atoms with Crippen molar-refractivity contribution in [1.29, 1.82) is 0 Å². The van der Waals surface area contributed by atoms with Gasteiger partial charge in [0.25, 0.3) is 5.91 Å². The first-order valence-corrected chi connectivity index (χ1v) is 6.40. The van der Waals surface area contributed by atoms with Crippen molar-refractivity contribution in [3.05, 3.63) is 10.9 Å². The molecule has 0 radical (unpaired) electrons. The SMILES string of the molecule is CNC(=O)c1sc(N2CCCCC2)cc1N. The van der Waals surface area contributed by atoms with Crippen LogP contribution in [0.15, 0.2) is 6.07 Å². The molecule has 0 aromatic carbocycles. The van der Waals surface area contributed by atoms with Gasteiger partial charge in [-0.15, -0.1) is 11.3 Å². The molecule has 0 bridgehead atoms. The lowest BCUT2D eigenvalue weighted by Gasteiger charge is -2.26. The van der Waals surface area contributed by atoms with Gasteiger partial charge in [-0.05, 0) is 25.3 Å². The van der Waals surface area contributed by atoms with E-state index in [-0.39, 0.29) is 5.91 Å². The lowest BCUT2D eigenvalue weighted by atomic mass is 10.1. The predicted molar refractivity (Wildman–Crippen MR) is 68.2 cm³/mol. The first-order valence-electron chi connectivity index (χ1n) is 5.58. The van der Waals surface area contributed by atoms with Gasteiger partial charge in [0.2, 0.25) is 0 Å². The average molecular weight is 239 g/mol. The minimum Gasteiger partial charge on any atom is -0.397 e. The number of nitrogens with two attached hydrogens (primary N) is 1. The van der Waals surface area contributed by atoms with Crippen LogP contribution in [0.2, 0.25) is 0 Å². The van der Waals surface area contributed by atoms with Gasteiger partial charge in [-0.2, -0.15) is 0 Å². The summed E-state index contributed by atoms with van der Waals surface area (Å²) in [6.45, 7) is 2.15. The van der Waals surface area contributed by atoms with Crippen LogP contribution in [0.25, 0.3) is 0 Å². The van der Waals surface area contributed by atoms with E-state index in [0.717, 1.165) is 18.1 Å². The molecule has 1 aromatic heterocycles. The molecule has 0 aliphatic carbocycles. The molecule has 1 amide bonds. The third-order valence-electron chi connectivity index (χ3n) is 2.85. The highest BCUT2D eigenvalue weighted by atomic mass is 32.1. The van der Waals surface area contributed by atoms with Crippen LogP contribution in [0, 0.1) is 0 Å². The molecule has 1 fully saturated rings. The molecule has 2 heterocycles. The summed E-state index contributed by atoms with van der Waals surface area (Å²) in [5.74, 6) is -0.0919. The monoisotopic (exact) mass is 239 g/mol. The summed E-state index contributed by atoms with van der Waals surface area (Å²) in [6.07, 6.45) is 3.76. The molecule has 16 heavy (non-hydrogen) atoms. The van der Waals surface area contributed by atoms with Crippen LogP contribution >= 0.6 is 11.3 Å². The summed E-state index contributed by atoms with van der Waals surface area (Å²) in [6, 6.07) is 1.92. The van der Waals surface area contributed by atoms with Crippen molar-refractivity contribution in [2.75, 3.05) is 30.8 Å². The Bertz CT molecular complexity index is 383. The quantitative estimate of drug-likeness (QED) is 0.825. The second-order valence-corrected chi connectivity index (χ2v) is 5.03. The number of hydrogen-bond acceptors (Lipinski definition) is 4. The highest BCUT2D eigenvalue weighted by molar-refractivity contribution is 7.18. The van der Waals surface area contributed by atoms with Crippen LogP contribution < -0.4 is 16.0 Å². The number of anilines is 2. The molecule has 1 aliphatic rings. The van der Waals surface area contributed by atoms with Gasteiger partial charge in [-0.1, -0.05) is 0 Å². The smallest absolute Gasteiger partial charge is 0.263 e. The summed E-state index contributed by atoms with van der Waals surface area (Å²) in [5.41, 5.74) is 6.44. The molecule has 5 heteroatoms. The second kappa shape index (κ2) is 4.74. The van der Waals surface area contributed by atoms with Gasteiger partial charge in [-0.25, -0.2) is 0 Å². The molecule has 2 rings (SSSR count). The zero-order valence-corrected chi connectivity index (χ0v) is 10.3. The van der Waals surface area contributed by atoms with Gasteiger partial charge in [0, 0.05) is 20.1 Å². The maximum atomic E-state index is 11.5. The lowest BCUT2D eigenvalue weighted by molar-refractivity contribution is 0.0968. The Labute approximate surface area is 99.4 Å². The summed E-state index contributed by atoms with van der Waals surface area (Å²) < 4.78 is 0. The zero-order valence-electron chi connectivity index (χ0n) is 9.45. The molecule has 0 unspecified atom stereocenters. The second-order valence-electron chi connectivity index (χ2n) is 4.00. The molecule has 0 atom stereocenters. The van der Waals surface area contributed by atoms with E-state index in [1.807, 2.05) is 6.07 Å². The highest BCUT2D eigenvalue weighted by Gasteiger charge is 2.18. The fourth-order valence-corrected chi connectivity index (χ4v) is 3.03. The Balaban J connectivity index is 2.19. The lowest BCUT2D eigenvalue weighted by Crippen LogP contribution is -2.28. The van der Waals surface area contributed by atoms with E-state index in [2.05, 4.69) is 10.2 Å². The fourth-order valence-electron chi connectivity index (χ4n) is 1.95. The van der Waals surface area contributed by atoms with Crippen LogP contribution in [0.5, 0.6) is 0 Å². The van der Waals surface area contributed by atoms with Crippen molar-refractivity contribution < 1.29 is 4.79 Å². The first kappa shape index (κ1) is 11.3. The summed E-state index contributed by atoms with van der Waals surface area (Å²) >= 11 is 1.49. The number of hydrogen-bond donors (Lipinski definition) is 2. The number of piperidine rings is 1. The van der Waals surface area contributed by atoms with Crippen LogP contribution in [0.4, 0.5) is 10.7 Å². The van der Waals surface area contributed by atoms with E-state index >= 15 is 0 Å². The van der Waals surface area contributed by atoms with Crippen molar-refractivity contribution in [3.8, 4) is 0 Å². The number of thiophene rings is 1. The number of nitrogens with zero attached hydrogens (tertiary/aromatic N) is 1. The number of carbonyl (C=O) groups excluding carboxylic acids is 1. The fraction of sp³-hybridized carbons (Fsp3) is 0.545. The molecule has 88 valence electrons. The van der Waals surface area contributed by atoms with E-state index < -0.39 is 0 Å². The normalized spacial score (nSPS) is 16.2. The molecule has 4 nitrogen and oxygen atoms in total. The third kappa shape index (κ3) is 2.14. The van der Waals surface area contributed by atoms with Crippen molar-refractivity contribution in [2.24, 2.45) is 0 Å². The standard InChI is InChI=1S/C11H17N3OS/c1-13-11(15)10-8(12)7-9(16-10)14-5-3-2-4-6-14/h7H,2-6,12H2,1H3,(H,13,15). The van der Waals surface area contributed by atoms with E-state index in [1.165, 1.54) is 30.6 Å². The predicted octanol–water partition coefficient (Wildman–Crippen LogP) is 1.68. The van der Waals surface area contributed by atoms with Crippen LogP contribution in [-0.4, -0.2) is 26.0 Å². The average Bonchev–Trinajstić information content (AvgIpc) is 2.71. The highest BCUT2D eigenvalue weighted by Crippen LogP contribution is 2.33. The van der Waals surface area contributed by atoms with E-state index in [9.17, 15) is 4.79 Å². The number of nitrogens with one attached hydrogen (secondary N) is 1. The van der Waals surface area contributed by atoms with Crippen molar-refractivity contribution in [3.63, 3.8) is 0 Å². The molecular formula is C11H17N3OS. The van der Waals surface area contributed by atoms with Gasteiger partial charge < -0.3 is 16.0 Å². The zero-order chi connectivity index (χ0) is 11.5. The van der Waals surface area contributed by atoms with Gasteiger partial charge in [0.15, 0.2) is 0 Å². The van der Waals surface area contributed by atoms with Crippen molar-refractivity contribution in [1.82, 2.24) is 5.32 Å². The molecule has 1 aliphatic heterocycles. The number of rotatable bonds is 2. The third-order valence-corrected chi connectivity index (χ3v) is 4.06. The molecule has 0 spiro atoms. The van der Waals surface area contributed by atoms with Gasteiger partial charge in [0.05, 0.1) is 10.7 Å². The minimum absolute atomic E-state index is 0.0919. The van der Waals surface area contributed by atoms with Gasteiger partial charge in [-0.3, -0.25) is 4.79 Å². The van der Waals surface area contributed by atoms with Crippen molar-refractivity contribution in [2.45, 2.75) is 19.3 Å². The Morgan fingerprint density at radius 2 is 2.12 bits per heavy atom. The first-order chi connectivity index (χ1) is 7.72. The number of carbonyl (C=O) groups is 1. The molecule has 3 N–H and O–H groups in total. The van der Waals surface area contributed by atoms with Gasteiger partial charge in [0.1, 0.15) is 4.88 Å². The largest absolute Gasteiger partial charge is 0.397 e. The number of nitrogen functional groups attached to an aromatic ring is 1. The van der Waals surface area contributed by atoms with E-state index in [1.54, 1.807) is 7.05 Å². The molecular weight excluding hydrogens is 222 g/mol. The number of amides is 1. The topological polar surface area (TPSA) is 58.4 Å². The minimum atomic E-state index is -0.0919. The van der Waals surface area contributed by atoms with Crippen molar-refractivity contribution >= 4 is 27.9 Å². The van der Waals surface area contributed by atoms with E-state index in [0.29, 0.717) is 10.6 Å². The van der Waals surface area contributed by atoms with Gasteiger partial charge >= 0.3 is 0 Å². The molecule has 1 saturated heterocycles. The summed E-state index contributed by atoms with van der Waals surface area (Å²) in [4.78, 5) is 14.5. The molecule has 1 aromatic rings. The maximum Gasteiger partial charge on any atom is 0.263 e. The Hall–Kier alpha value is -1.23. The summed E-state index contributed by atoms with van der Waals surface area (Å²) in [5, 5.41) is 3.73. The Kier molecular flexibility index (Phi) is 3.33. The van der Waals surface area contributed by atoms with Crippen LogP contribution in [0.1, 0.15) is 28.9 Å². The van der Waals surface area contributed by atoms with Crippen LogP contribution in [0.3, 0.4) is 0 Å². The van der Waals surface area contributed by atoms with E-state index in [4.69, 9.17) is 5.73 Å². The van der Waals surface area contributed by atoms with Crippen LogP contribution in [-0.2, 0) is 0 Å². The Morgan fingerprint density at radius 1 is 1.44 bits per heavy atom. The summed E-state index contributed by atoms with van der Waals surface area (Å²) in [7, 11) is 1.63. The Morgan fingerprint density at radius 3 is 2.75 bits per heavy atom.